The largest absolute Gasteiger partial charge is 0.311 e. The van der Waals surface area contributed by atoms with Gasteiger partial charge in [0.05, 0.1) is 11.4 Å². The quantitative estimate of drug-likeness (QED) is 0.596. The van der Waals surface area contributed by atoms with E-state index in [1.54, 1.807) is 0 Å². The fraction of sp³-hybridized carbons (Fsp3) is 0.348. The molecule has 0 atom stereocenters. The van der Waals surface area contributed by atoms with Crippen LogP contribution in [0.2, 0.25) is 0 Å². The van der Waals surface area contributed by atoms with Crippen molar-refractivity contribution in [1.82, 2.24) is 14.8 Å². The lowest BCUT2D eigenvalue weighted by Gasteiger charge is -2.29. The Morgan fingerprint density at radius 2 is 1.76 bits per heavy atom. The van der Waals surface area contributed by atoms with Crippen molar-refractivity contribution in [2.24, 2.45) is 0 Å². The average Bonchev–Trinajstić information content (AvgIpc) is 3.07. The van der Waals surface area contributed by atoms with Crippen LogP contribution in [0.3, 0.4) is 0 Å². The van der Waals surface area contributed by atoms with Gasteiger partial charge in [0.1, 0.15) is 5.82 Å². The average molecular weight is 407 g/mol. The molecule has 1 aromatic heterocycles. The number of carbonyl (C=O) groups is 1. The molecule has 4 rings (SSSR count). The van der Waals surface area contributed by atoms with E-state index in [9.17, 15) is 4.79 Å². The summed E-state index contributed by atoms with van der Waals surface area (Å²) >= 11 is 1.45. The summed E-state index contributed by atoms with van der Waals surface area (Å²) in [5.74, 6) is 1.29. The minimum Gasteiger partial charge on any atom is -0.311 e. The molecule has 0 saturated heterocycles. The number of aromatic nitrogens is 3. The third-order valence-corrected chi connectivity index (χ3v) is 6.29. The van der Waals surface area contributed by atoms with Crippen molar-refractivity contribution in [2.75, 3.05) is 17.2 Å². The predicted molar refractivity (Wildman–Crippen MR) is 118 cm³/mol. The molecule has 0 fully saturated rings. The van der Waals surface area contributed by atoms with Crippen molar-refractivity contribution in [3.8, 4) is 5.69 Å². The molecule has 3 aromatic rings. The zero-order valence-electron chi connectivity index (χ0n) is 17.4. The molecular formula is C23H26N4OS. The third kappa shape index (κ3) is 3.94. The van der Waals surface area contributed by atoms with Crippen LogP contribution in [0.5, 0.6) is 0 Å². The lowest BCUT2D eigenvalue weighted by molar-refractivity contribution is -0.116. The molecule has 0 radical (unpaired) electrons. The summed E-state index contributed by atoms with van der Waals surface area (Å²) in [6, 6.07) is 12.7. The SMILES string of the molecule is Cc1ccc2c(c1)CCCN2C(=O)CSc1nnc(C)n1-c1cc(C)ccc1C. The van der Waals surface area contributed by atoms with Crippen molar-refractivity contribution < 1.29 is 4.79 Å². The van der Waals surface area contributed by atoms with E-state index in [1.807, 2.05) is 16.4 Å². The van der Waals surface area contributed by atoms with E-state index in [-0.39, 0.29) is 5.91 Å². The fourth-order valence-electron chi connectivity index (χ4n) is 3.86. The van der Waals surface area contributed by atoms with Crippen molar-refractivity contribution >= 4 is 23.4 Å². The molecule has 150 valence electrons. The van der Waals surface area contributed by atoms with Gasteiger partial charge in [0, 0.05) is 12.2 Å². The van der Waals surface area contributed by atoms with Gasteiger partial charge in [-0.2, -0.15) is 0 Å². The summed E-state index contributed by atoms with van der Waals surface area (Å²) in [5.41, 5.74) is 6.98. The van der Waals surface area contributed by atoms with Crippen LogP contribution >= 0.6 is 11.8 Å². The lowest BCUT2D eigenvalue weighted by atomic mass is 10.00. The van der Waals surface area contributed by atoms with Gasteiger partial charge in [-0.1, -0.05) is 41.6 Å². The minimum absolute atomic E-state index is 0.118. The Balaban J connectivity index is 1.55. The van der Waals surface area contributed by atoms with Gasteiger partial charge < -0.3 is 4.90 Å². The van der Waals surface area contributed by atoms with Crippen LogP contribution in [-0.2, 0) is 11.2 Å². The first-order valence-electron chi connectivity index (χ1n) is 9.96. The van der Waals surface area contributed by atoms with Gasteiger partial charge in [0.25, 0.3) is 0 Å². The van der Waals surface area contributed by atoms with E-state index >= 15 is 0 Å². The molecule has 0 unspecified atom stereocenters. The molecular weight excluding hydrogens is 380 g/mol. The minimum atomic E-state index is 0.118. The maximum atomic E-state index is 13.0. The Morgan fingerprint density at radius 1 is 1.00 bits per heavy atom. The maximum absolute atomic E-state index is 13.0. The van der Waals surface area contributed by atoms with Gasteiger partial charge in [0.2, 0.25) is 5.91 Å². The molecule has 2 aromatic carbocycles. The zero-order valence-corrected chi connectivity index (χ0v) is 18.2. The van der Waals surface area contributed by atoms with Crippen molar-refractivity contribution in [1.29, 1.82) is 0 Å². The number of benzene rings is 2. The summed E-state index contributed by atoms with van der Waals surface area (Å²) in [4.78, 5) is 15.0. The van der Waals surface area contributed by atoms with Crippen LogP contribution in [0.15, 0.2) is 41.6 Å². The molecule has 0 spiro atoms. The van der Waals surface area contributed by atoms with Crippen LogP contribution in [0.4, 0.5) is 5.69 Å². The van der Waals surface area contributed by atoms with E-state index in [1.165, 1.54) is 28.5 Å². The summed E-state index contributed by atoms with van der Waals surface area (Å²) in [6.07, 6.45) is 2.04. The Hall–Kier alpha value is -2.60. The van der Waals surface area contributed by atoms with Crippen LogP contribution in [0.25, 0.3) is 5.69 Å². The lowest BCUT2D eigenvalue weighted by Crippen LogP contribution is -2.36. The number of aryl methyl sites for hydroxylation is 5. The molecule has 1 aliphatic rings. The number of rotatable bonds is 4. The first-order valence-corrected chi connectivity index (χ1v) is 10.9. The maximum Gasteiger partial charge on any atom is 0.237 e. The number of amides is 1. The third-order valence-electron chi connectivity index (χ3n) is 5.38. The van der Waals surface area contributed by atoms with E-state index in [0.717, 1.165) is 47.3 Å². The highest BCUT2D eigenvalue weighted by atomic mass is 32.2. The standard InChI is InChI=1S/C23H26N4OS/c1-15-8-10-20-19(12-15)6-5-11-26(20)22(28)14-29-23-25-24-18(4)27(23)21-13-16(2)7-9-17(21)3/h7-10,12-13H,5-6,11,14H2,1-4H3. The van der Waals surface area contributed by atoms with Gasteiger partial charge in [-0.25, -0.2) is 0 Å². The summed E-state index contributed by atoms with van der Waals surface area (Å²) < 4.78 is 2.05. The number of nitrogens with zero attached hydrogens (tertiary/aromatic N) is 4. The number of carbonyl (C=O) groups excluding carboxylic acids is 1. The molecule has 1 amide bonds. The van der Waals surface area contributed by atoms with E-state index in [4.69, 9.17) is 0 Å². The summed E-state index contributed by atoms with van der Waals surface area (Å²) in [7, 11) is 0. The zero-order chi connectivity index (χ0) is 20.5. The second-order valence-electron chi connectivity index (χ2n) is 7.72. The molecule has 0 saturated carbocycles. The number of hydrogen-bond donors (Lipinski definition) is 0. The van der Waals surface area contributed by atoms with E-state index in [2.05, 4.69) is 67.4 Å². The molecule has 0 aliphatic carbocycles. The first kappa shape index (κ1) is 19.7. The molecule has 29 heavy (non-hydrogen) atoms. The molecule has 0 N–H and O–H groups in total. The predicted octanol–water partition coefficient (Wildman–Crippen LogP) is 4.57. The second-order valence-corrected chi connectivity index (χ2v) is 8.67. The second kappa shape index (κ2) is 8.03. The summed E-state index contributed by atoms with van der Waals surface area (Å²) in [6.45, 7) is 8.98. The highest BCUT2D eigenvalue weighted by Gasteiger charge is 2.23. The van der Waals surface area contributed by atoms with Gasteiger partial charge in [0.15, 0.2) is 5.16 Å². The Labute approximate surface area is 176 Å². The highest BCUT2D eigenvalue weighted by Crippen LogP contribution is 2.30. The molecule has 5 nitrogen and oxygen atoms in total. The van der Waals surface area contributed by atoms with Crippen LogP contribution < -0.4 is 4.90 Å². The molecule has 6 heteroatoms. The van der Waals surface area contributed by atoms with Crippen molar-refractivity contribution in [3.63, 3.8) is 0 Å². The Morgan fingerprint density at radius 3 is 2.59 bits per heavy atom. The number of anilines is 1. The van der Waals surface area contributed by atoms with Gasteiger partial charge in [-0.15, -0.1) is 10.2 Å². The van der Waals surface area contributed by atoms with Gasteiger partial charge in [-0.05, 0) is 69.4 Å². The molecule has 2 heterocycles. The van der Waals surface area contributed by atoms with Crippen LogP contribution in [-0.4, -0.2) is 33.0 Å². The number of thioether (sulfide) groups is 1. The van der Waals surface area contributed by atoms with Crippen molar-refractivity contribution in [3.05, 3.63) is 64.5 Å². The normalized spacial score (nSPS) is 13.4. The topological polar surface area (TPSA) is 51.0 Å². The smallest absolute Gasteiger partial charge is 0.237 e. The highest BCUT2D eigenvalue weighted by molar-refractivity contribution is 7.99. The monoisotopic (exact) mass is 406 g/mol. The fourth-order valence-corrected chi connectivity index (χ4v) is 4.73. The van der Waals surface area contributed by atoms with Crippen molar-refractivity contribution in [2.45, 2.75) is 45.7 Å². The van der Waals surface area contributed by atoms with E-state index in [0.29, 0.717) is 5.75 Å². The van der Waals surface area contributed by atoms with Crippen LogP contribution in [0, 0.1) is 27.7 Å². The Bertz CT molecular complexity index is 1070. The summed E-state index contributed by atoms with van der Waals surface area (Å²) in [5, 5.41) is 9.36. The van der Waals surface area contributed by atoms with Gasteiger partial charge >= 0.3 is 0 Å². The molecule has 1 aliphatic heterocycles. The number of fused-ring (bicyclic) bond motifs is 1. The van der Waals surface area contributed by atoms with E-state index < -0.39 is 0 Å². The first-order chi connectivity index (χ1) is 13.9. The van der Waals surface area contributed by atoms with Crippen LogP contribution in [0.1, 0.15) is 34.5 Å². The van der Waals surface area contributed by atoms with Gasteiger partial charge in [-0.3, -0.25) is 9.36 Å². The molecule has 0 bridgehead atoms. The number of hydrogen-bond acceptors (Lipinski definition) is 4. The Kier molecular flexibility index (Phi) is 5.46.